The molecule has 5 aromatic rings. The number of fused-ring (bicyclic) bond motifs is 2. The Labute approximate surface area is 219 Å². The molecule has 0 aliphatic carbocycles. The Balaban J connectivity index is 2.25. The van der Waals surface area contributed by atoms with Crippen LogP contribution in [0.3, 0.4) is 0 Å². The minimum Gasteiger partial charge on any atom is -0.497 e. The van der Waals surface area contributed by atoms with E-state index in [1.807, 2.05) is 0 Å². The van der Waals surface area contributed by atoms with Crippen LogP contribution in [0.15, 0.2) is 24.3 Å². The maximum Gasteiger partial charge on any atom is 0.198 e. The van der Waals surface area contributed by atoms with Gasteiger partial charge in [0.15, 0.2) is 64.0 Å². The van der Waals surface area contributed by atoms with Crippen molar-refractivity contribution in [1.82, 2.24) is 0 Å². The molecule has 0 radical (unpaired) electrons. The molecule has 5 aromatic carbocycles. The van der Waals surface area contributed by atoms with Gasteiger partial charge in [-0.15, -0.1) is 0 Å². The summed E-state index contributed by atoms with van der Waals surface area (Å²) in [6, 6.07) is 0.740. The van der Waals surface area contributed by atoms with Crippen molar-refractivity contribution in [3.63, 3.8) is 0 Å². The zero-order valence-corrected chi connectivity index (χ0v) is 19.6. The molecule has 14 heteroatoms. The van der Waals surface area contributed by atoms with Crippen LogP contribution in [0.1, 0.15) is 0 Å². The number of ether oxygens (including phenoxy) is 1. The van der Waals surface area contributed by atoms with Crippen LogP contribution < -0.4 is 4.74 Å². The Morgan fingerprint density at radius 1 is 0.366 bits per heavy atom. The molecule has 0 unspecified atom stereocenters. The maximum atomic E-state index is 15.4. The quantitative estimate of drug-likeness (QED) is 0.0877. The summed E-state index contributed by atoms with van der Waals surface area (Å²) in [5, 5.41) is -7.04. The number of rotatable bonds is 3. The van der Waals surface area contributed by atoms with Crippen molar-refractivity contribution in [2.45, 2.75) is 0 Å². The average molecular weight is 594 g/mol. The number of hydrogen-bond donors (Lipinski definition) is 0. The molecule has 0 saturated heterocycles. The van der Waals surface area contributed by atoms with Gasteiger partial charge in [0.2, 0.25) is 0 Å². The van der Waals surface area contributed by atoms with Crippen LogP contribution in [0.4, 0.5) is 57.1 Å². The van der Waals surface area contributed by atoms with Crippen LogP contribution in [0, 0.1) is 75.6 Å². The van der Waals surface area contributed by atoms with E-state index in [-0.39, 0.29) is 12.1 Å². The first-order chi connectivity index (χ1) is 19.2. The molecule has 5 rings (SSSR count). The lowest BCUT2D eigenvalue weighted by molar-refractivity contribution is 0.407. The molecule has 0 amide bonds. The van der Waals surface area contributed by atoms with Gasteiger partial charge in [0.05, 0.1) is 12.7 Å². The van der Waals surface area contributed by atoms with Crippen LogP contribution >= 0.6 is 0 Å². The molecule has 212 valence electrons. The highest BCUT2D eigenvalue weighted by atomic mass is 19.2. The van der Waals surface area contributed by atoms with E-state index in [0.29, 0.717) is 12.1 Å². The lowest BCUT2D eigenvalue weighted by atomic mass is 9.84. The third-order valence-corrected chi connectivity index (χ3v) is 6.31. The van der Waals surface area contributed by atoms with Gasteiger partial charge in [0, 0.05) is 44.8 Å². The molecule has 0 aliphatic rings. The van der Waals surface area contributed by atoms with E-state index in [1.54, 1.807) is 0 Å². The average Bonchev–Trinajstić information content (AvgIpc) is 2.93. The SMILES string of the molecule is COc1cc(F)c(-c2c3c(F)c(F)c(F)c(F)c3c(-c3cc(F)c(F)c(F)c3)c3c(F)c(F)c(F)c(F)c23)c(F)c1. The van der Waals surface area contributed by atoms with E-state index < -0.39 is 125 Å². The summed E-state index contributed by atoms with van der Waals surface area (Å²) < 4.78 is 197. The molecular weight excluding hydrogens is 587 g/mol. The zero-order chi connectivity index (χ0) is 30.2. The van der Waals surface area contributed by atoms with Crippen molar-refractivity contribution < 1.29 is 61.8 Å². The predicted molar refractivity (Wildman–Crippen MR) is 118 cm³/mol. The van der Waals surface area contributed by atoms with Crippen LogP contribution in [0.25, 0.3) is 43.8 Å². The number of benzene rings is 5. The van der Waals surface area contributed by atoms with Crippen LogP contribution in [-0.2, 0) is 0 Å². The van der Waals surface area contributed by atoms with Gasteiger partial charge in [-0.05, 0) is 17.7 Å². The van der Waals surface area contributed by atoms with E-state index in [1.165, 1.54) is 0 Å². The maximum absolute atomic E-state index is 15.4. The smallest absolute Gasteiger partial charge is 0.198 e. The van der Waals surface area contributed by atoms with Gasteiger partial charge in [0.1, 0.15) is 17.4 Å². The fraction of sp³-hybridized carbons (Fsp3) is 0.0370. The standard InChI is InChI=1S/C27H7F13O/c1-41-7-4-8(28)13(9(29)5-7)14-17-15(20(33)24(37)26(39)22(17)35)12(6-2-10(30)19(32)11(31)3-6)16-18(14)23(36)27(40)25(38)21(16)34/h2-5H,1H3. The third-order valence-electron chi connectivity index (χ3n) is 6.31. The van der Waals surface area contributed by atoms with Crippen LogP contribution in [0.2, 0.25) is 0 Å². The number of hydrogen-bond acceptors (Lipinski definition) is 1. The lowest BCUT2D eigenvalue weighted by Gasteiger charge is -2.21. The van der Waals surface area contributed by atoms with Crippen molar-refractivity contribution in [3.8, 4) is 28.0 Å². The molecular formula is C27H7F13O. The van der Waals surface area contributed by atoms with Crippen LogP contribution in [-0.4, -0.2) is 7.11 Å². The highest BCUT2D eigenvalue weighted by Crippen LogP contribution is 2.50. The molecule has 0 saturated carbocycles. The summed E-state index contributed by atoms with van der Waals surface area (Å²) in [5.74, 6) is -31.1. The lowest BCUT2D eigenvalue weighted by Crippen LogP contribution is -2.08. The zero-order valence-electron chi connectivity index (χ0n) is 19.6. The van der Waals surface area contributed by atoms with Crippen molar-refractivity contribution in [1.29, 1.82) is 0 Å². The molecule has 0 aromatic heterocycles. The predicted octanol–water partition coefficient (Wildman–Crippen LogP) is 9.14. The monoisotopic (exact) mass is 594 g/mol. The van der Waals surface area contributed by atoms with E-state index in [9.17, 15) is 30.7 Å². The first-order valence-corrected chi connectivity index (χ1v) is 10.9. The molecule has 0 N–H and O–H groups in total. The normalized spacial score (nSPS) is 11.7. The van der Waals surface area contributed by atoms with Gasteiger partial charge in [-0.1, -0.05) is 0 Å². The molecule has 0 spiro atoms. The van der Waals surface area contributed by atoms with Crippen molar-refractivity contribution in [2.24, 2.45) is 0 Å². The second kappa shape index (κ2) is 9.56. The molecule has 41 heavy (non-hydrogen) atoms. The fourth-order valence-electron chi connectivity index (χ4n) is 4.60. The minimum atomic E-state index is -2.66. The molecule has 0 heterocycles. The highest BCUT2D eigenvalue weighted by molar-refractivity contribution is 6.22. The Hall–Kier alpha value is -4.49. The van der Waals surface area contributed by atoms with Gasteiger partial charge >= 0.3 is 0 Å². The molecule has 0 atom stereocenters. The van der Waals surface area contributed by atoms with Crippen LogP contribution in [0.5, 0.6) is 5.75 Å². The van der Waals surface area contributed by atoms with Crippen molar-refractivity contribution in [2.75, 3.05) is 7.11 Å². The molecule has 0 bridgehead atoms. The fourth-order valence-corrected chi connectivity index (χ4v) is 4.60. The van der Waals surface area contributed by atoms with Gasteiger partial charge in [-0.2, -0.15) is 0 Å². The van der Waals surface area contributed by atoms with E-state index in [0.717, 1.165) is 7.11 Å². The summed E-state index contributed by atoms with van der Waals surface area (Å²) in [4.78, 5) is 0. The molecule has 0 fully saturated rings. The first kappa shape index (κ1) is 28.1. The number of methoxy groups -OCH3 is 1. The van der Waals surface area contributed by atoms with E-state index in [4.69, 9.17) is 0 Å². The third kappa shape index (κ3) is 3.87. The van der Waals surface area contributed by atoms with E-state index >= 15 is 26.3 Å². The van der Waals surface area contributed by atoms with Gasteiger partial charge < -0.3 is 4.74 Å². The first-order valence-electron chi connectivity index (χ1n) is 10.9. The minimum absolute atomic E-state index is 0.0158. The second-order valence-electron chi connectivity index (χ2n) is 8.48. The van der Waals surface area contributed by atoms with E-state index in [2.05, 4.69) is 4.74 Å². The Bertz CT molecular complexity index is 1840. The van der Waals surface area contributed by atoms with Gasteiger partial charge in [0.25, 0.3) is 0 Å². The Morgan fingerprint density at radius 2 is 0.707 bits per heavy atom. The summed E-state index contributed by atoms with van der Waals surface area (Å²) in [6.45, 7) is 0. The second-order valence-corrected chi connectivity index (χ2v) is 8.48. The highest BCUT2D eigenvalue weighted by Gasteiger charge is 2.35. The van der Waals surface area contributed by atoms with Gasteiger partial charge in [-0.25, -0.2) is 57.1 Å². The summed E-state index contributed by atoms with van der Waals surface area (Å²) in [6.07, 6.45) is 0. The molecule has 1 nitrogen and oxygen atoms in total. The summed E-state index contributed by atoms with van der Waals surface area (Å²) in [5.41, 5.74) is -6.06. The molecule has 0 aliphatic heterocycles. The van der Waals surface area contributed by atoms with Crippen molar-refractivity contribution in [3.05, 3.63) is 99.9 Å². The topological polar surface area (TPSA) is 9.23 Å². The van der Waals surface area contributed by atoms with Crippen molar-refractivity contribution >= 4 is 21.5 Å². The van der Waals surface area contributed by atoms with Gasteiger partial charge in [-0.3, -0.25) is 0 Å². The number of halogens is 13. The summed E-state index contributed by atoms with van der Waals surface area (Å²) >= 11 is 0. The Morgan fingerprint density at radius 3 is 1.05 bits per heavy atom. The Kier molecular flexibility index (Phi) is 6.54. The summed E-state index contributed by atoms with van der Waals surface area (Å²) in [7, 11) is 0.939. The largest absolute Gasteiger partial charge is 0.497 e.